The van der Waals surface area contributed by atoms with Crippen LogP contribution in [0.3, 0.4) is 0 Å². The van der Waals surface area contributed by atoms with Gasteiger partial charge in [0.15, 0.2) is 16.9 Å². The van der Waals surface area contributed by atoms with Crippen molar-refractivity contribution in [2.24, 2.45) is 11.3 Å². The largest absolute Gasteiger partial charge is 0.497 e. The number of carbonyl (C=O) groups is 4. The molecule has 3 aliphatic rings. The highest BCUT2D eigenvalue weighted by molar-refractivity contribution is 6.34. The average Bonchev–Trinajstić information content (AvgIpc) is 3.23. The van der Waals surface area contributed by atoms with Crippen LogP contribution in [0.1, 0.15) is 13.8 Å². The first-order chi connectivity index (χ1) is 17.2. The summed E-state index contributed by atoms with van der Waals surface area (Å²) in [5, 5.41) is 12.3. The number of aliphatic hydroxyl groups is 1. The zero-order chi connectivity index (χ0) is 25.8. The van der Waals surface area contributed by atoms with E-state index >= 15 is 0 Å². The molecule has 9 nitrogen and oxygen atoms in total. The van der Waals surface area contributed by atoms with E-state index in [9.17, 15) is 24.3 Å². The lowest BCUT2D eigenvalue weighted by atomic mass is 9.61. The number of ether oxygens (including phenoxy) is 2. The smallest absolute Gasteiger partial charge is 0.337 e. The number of imide groups is 1. The quantitative estimate of drug-likeness (QED) is 0.388. The highest BCUT2D eigenvalue weighted by atomic mass is 16.5. The maximum Gasteiger partial charge on any atom is 0.337 e. The fraction of sp³-hybridized carbons (Fsp3) is 0.259. The van der Waals surface area contributed by atoms with Crippen molar-refractivity contribution in [2.45, 2.75) is 19.6 Å². The van der Waals surface area contributed by atoms with Gasteiger partial charge in [-0.1, -0.05) is 18.2 Å². The van der Waals surface area contributed by atoms with Crippen molar-refractivity contribution in [2.75, 3.05) is 23.5 Å². The lowest BCUT2D eigenvalue weighted by Gasteiger charge is -2.45. The molecular formula is C27H24N2O7. The number of esters is 1. The Labute approximate surface area is 207 Å². The Morgan fingerprint density at radius 2 is 1.69 bits per heavy atom. The van der Waals surface area contributed by atoms with Gasteiger partial charge < -0.3 is 19.5 Å². The van der Waals surface area contributed by atoms with E-state index in [4.69, 9.17) is 9.47 Å². The highest BCUT2D eigenvalue weighted by Crippen LogP contribution is 2.62. The molecule has 2 heterocycles. The number of rotatable bonds is 5. The van der Waals surface area contributed by atoms with Crippen molar-refractivity contribution in [3.05, 3.63) is 78.0 Å². The highest BCUT2D eigenvalue weighted by Gasteiger charge is 2.79. The summed E-state index contributed by atoms with van der Waals surface area (Å²) in [6, 6.07) is 14.7. The zero-order valence-corrected chi connectivity index (χ0v) is 19.9. The number of allylic oxidation sites excluding steroid dienone is 2. The van der Waals surface area contributed by atoms with Crippen molar-refractivity contribution >= 4 is 34.9 Å². The van der Waals surface area contributed by atoms with Crippen LogP contribution in [0, 0.1) is 11.3 Å². The van der Waals surface area contributed by atoms with Gasteiger partial charge in [0.2, 0.25) is 5.91 Å². The van der Waals surface area contributed by atoms with Crippen LogP contribution in [0.25, 0.3) is 0 Å². The maximum atomic E-state index is 14.3. The number of amides is 2. The first-order valence-electron chi connectivity index (χ1n) is 11.5. The normalized spacial score (nSPS) is 26.9. The number of anilines is 2. The molecule has 1 spiro atoms. The molecule has 0 saturated carbocycles. The first-order valence-corrected chi connectivity index (χ1v) is 11.5. The number of hydrogen-bond donors (Lipinski definition) is 1. The van der Waals surface area contributed by atoms with E-state index < -0.39 is 40.6 Å². The van der Waals surface area contributed by atoms with Crippen molar-refractivity contribution in [3.63, 3.8) is 0 Å². The summed E-state index contributed by atoms with van der Waals surface area (Å²) in [7, 11) is 1.51. The van der Waals surface area contributed by atoms with Gasteiger partial charge in [0.25, 0.3) is 5.91 Å². The predicted octanol–water partition coefficient (Wildman–Crippen LogP) is 2.36. The van der Waals surface area contributed by atoms with Crippen molar-refractivity contribution in [1.82, 2.24) is 0 Å². The van der Waals surface area contributed by atoms with Gasteiger partial charge in [-0.3, -0.25) is 14.4 Å². The Hall–Kier alpha value is -4.24. The van der Waals surface area contributed by atoms with Crippen LogP contribution >= 0.6 is 0 Å². The average molecular weight is 488 g/mol. The lowest BCUT2D eigenvalue weighted by molar-refractivity contribution is -0.152. The van der Waals surface area contributed by atoms with E-state index in [0.29, 0.717) is 11.4 Å². The Morgan fingerprint density at radius 3 is 2.31 bits per heavy atom. The summed E-state index contributed by atoms with van der Waals surface area (Å²) in [5.74, 6) is -4.34. The number of nitrogens with zero attached hydrogens (tertiary/aromatic N) is 2. The minimum absolute atomic E-state index is 0.00829. The van der Waals surface area contributed by atoms with Gasteiger partial charge in [-0.05, 0) is 62.4 Å². The van der Waals surface area contributed by atoms with Crippen molar-refractivity contribution in [1.29, 1.82) is 0 Å². The molecule has 2 aromatic rings. The van der Waals surface area contributed by atoms with E-state index in [0.717, 1.165) is 11.0 Å². The van der Waals surface area contributed by atoms with Crippen LogP contribution in [0.2, 0.25) is 0 Å². The van der Waals surface area contributed by atoms with E-state index in [1.54, 1.807) is 68.4 Å². The van der Waals surface area contributed by atoms with Gasteiger partial charge in [-0.25, -0.2) is 9.69 Å². The molecule has 1 N–H and O–H groups in total. The van der Waals surface area contributed by atoms with E-state index in [1.807, 2.05) is 0 Å². The molecule has 0 radical (unpaired) electrons. The summed E-state index contributed by atoms with van der Waals surface area (Å²) in [6.45, 7) is 3.15. The summed E-state index contributed by atoms with van der Waals surface area (Å²) in [5.41, 5.74) is -3.87. The molecule has 1 aliphatic carbocycles. The molecule has 2 amide bonds. The Kier molecular flexibility index (Phi) is 5.33. The van der Waals surface area contributed by atoms with Gasteiger partial charge in [0.1, 0.15) is 11.7 Å². The number of benzene rings is 2. The second-order valence-corrected chi connectivity index (χ2v) is 8.73. The third-order valence-electron chi connectivity index (χ3n) is 7.04. The lowest BCUT2D eigenvalue weighted by Crippen LogP contribution is -2.63. The van der Waals surface area contributed by atoms with Gasteiger partial charge >= 0.3 is 5.97 Å². The molecule has 3 unspecified atom stereocenters. The molecule has 2 aliphatic heterocycles. The Balaban J connectivity index is 1.81. The van der Waals surface area contributed by atoms with Crippen molar-refractivity contribution in [3.8, 4) is 5.75 Å². The third-order valence-corrected chi connectivity index (χ3v) is 7.04. The Bertz CT molecular complexity index is 1350. The SMILES string of the molecule is CCOC(=O)C1=C(C)N(c2ccc(OC)cc2)C2(O)C=CC(=O)C3C(=O)N(c4ccccc4)C(=O)C132. The second-order valence-electron chi connectivity index (χ2n) is 8.73. The van der Waals surface area contributed by atoms with Gasteiger partial charge in [0, 0.05) is 11.4 Å². The fourth-order valence-electron chi connectivity index (χ4n) is 5.64. The number of para-hydroxylation sites is 1. The number of hydrogen-bond acceptors (Lipinski definition) is 8. The molecule has 184 valence electrons. The minimum Gasteiger partial charge on any atom is -0.497 e. The molecule has 5 rings (SSSR count). The summed E-state index contributed by atoms with van der Waals surface area (Å²) in [6.07, 6.45) is 2.28. The number of ketones is 1. The molecule has 3 atom stereocenters. The molecule has 2 aromatic carbocycles. The summed E-state index contributed by atoms with van der Waals surface area (Å²) >= 11 is 0. The van der Waals surface area contributed by atoms with Crippen molar-refractivity contribution < 1.29 is 33.8 Å². The van der Waals surface area contributed by atoms with Crippen LogP contribution in [0.4, 0.5) is 11.4 Å². The standard InChI is InChI=1S/C27H24N2O7/c1-4-36-24(32)21-16(2)29(18-10-12-19(35-3)13-11-18)26(34)15-14-20(30)22-23(31)28(25(33)27(21,22)26)17-8-6-5-7-9-17/h5-15,22,34H,4H2,1-3H3. The second kappa shape index (κ2) is 8.17. The van der Waals surface area contributed by atoms with Crippen LogP contribution < -0.4 is 14.5 Å². The molecule has 36 heavy (non-hydrogen) atoms. The zero-order valence-electron chi connectivity index (χ0n) is 19.9. The molecule has 1 saturated heterocycles. The summed E-state index contributed by atoms with van der Waals surface area (Å²) in [4.78, 5) is 57.0. The van der Waals surface area contributed by atoms with Crippen LogP contribution in [-0.4, -0.2) is 48.1 Å². The summed E-state index contributed by atoms with van der Waals surface area (Å²) < 4.78 is 10.5. The molecule has 1 fully saturated rings. The molecule has 0 aromatic heterocycles. The Morgan fingerprint density at radius 1 is 1.03 bits per heavy atom. The molecule has 9 heteroatoms. The van der Waals surface area contributed by atoms with E-state index in [-0.39, 0.29) is 23.6 Å². The van der Waals surface area contributed by atoms with Gasteiger partial charge in [0.05, 0.1) is 25.0 Å². The van der Waals surface area contributed by atoms with Crippen LogP contribution in [0.15, 0.2) is 78.0 Å². The number of carbonyl (C=O) groups excluding carboxylic acids is 4. The van der Waals surface area contributed by atoms with E-state index in [2.05, 4.69) is 0 Å². The third kappa shape index (κ3) is 2.80. The molecule has 0 bridgehead atoms. The minimum atomic E-state index is -2.25. The first kappa shape index (κ1) is 23.5. The molecular weight excluding hydrogens is 464 g/mol. The number of methoxy groups -OCH3 is 1. The maximum absolute atomic E-state index is 14.3. The van der Waals surface area contributed by atoms with Crippen LogP contribution in [-0.2, 0) is 23.9 Å². The topological polar surface area (TPSA) is 113 Å². The predicted molar refractivity (Wildman–Crippen MR) is 129 cm³/mol. The van der Waals surface area contributed by atoms with Gasteiger partial charge in [-0.15, -0.1) is 0 Å². The van der Waals surface area contributed by atoms with E-state index in [1.165, 1.54) is 18.1 Å². The monoisotopic (exact) mass is 488 g/mol. The van der Waals surface area contributed by atoms with Gasteiger partial charge in [-0.2, -0.15) is 0 Å². The fourth-order valence-corrected chi connectivity index (χ4v) is 5.64. The van der Waals surface area contributed by atoms with Crippen LogP contribution in [0.5, 0.6) is 5.75 Å².